The predicted octanol–water partition coefficient (Wildman–Crippen LogP) is 1.37. The molecule has 0 radical (unpaired) electrons. The molecule has 2 rings (SSSR count). The van der Waals surface area contributed by atoms with E-state index in [9.17, 15) is 0 Å². The van der Waals surface area contributed by atoms with Crippen molar-refractivity contribution < 1.29 is 0 Å². The fourth-order valence-electron chi connectivity index (χ4n) is 1.68. The van der Waals surface area contributed by atoms with E-state index in [4.69, 9.17) is 0 Å². The zero-order chi connectivity index (χ0) is 8.23. The van der Waals surface area contributed by atoms with Crippen LogP contribution >= 0.6 is 12.4 Å². The van der Waals surface area contributed by atoms with E-state index in [-0.39, 0.29) is 12.4 Å². The average Bonchev–Trinajstić information content (AvgIpc) is 2.21. The van der Waals surface area contributed by atoms with Gasteiger partial charge in [-0.15, -0.1) is 12.4 Å². The average molecular weight is 200 g/mol. The van der Waals surface area contributed by atoms with Gasteiger partial charge >= 0.3 is 0 Å². The van der Waals surface area contributed by atoms with Crippen molar-refractivity contribution >= 4 is 12.4 Å². The van der Waals surface area contributed by atoms with Crippen molar-refractivity contribution in [1.29, 1.82) is 0 Å². The summed E-state index contributed by atoms with van der Waals surface area (Å²) >= 11 is 0. The van der Waals surface area contributed by atoms with Gasteiger partial charge in [-0.1, -0.05) is 0 Å². The lowest BCUT2D eigenvalue weighted by atomic mass is 9.93. The molecule has 0 saturated carbocycles. The molecule has 1 aliphatic heterocycles. The van der Waals surface area contributed by atoms with E-state index in [1.165, 1.54) is 18.4 Å². The van der Waals surface area contributed by atoms with Gasteiger partial charge in [0.15, 0.2) is 0 Å². The Morgan fingerprint density at radius 2 is 2.31 bits per heavy atom. The highest BCUT2D eigenvalue weighted by molar-refractivity contribution is 5.85. The molecule has 0 amide bonds. The third kappa shape index (κ3) is 2.64. The van der Waals surface area contributed by atoms with E-state index < -0.39 is 0 Å². The topological polar surface area (TPSA) is 37.8 Å². The van der Waals surface area contributed by atoms with Gasteiger partial charge < -0.3 is 5.32 Å². The summed E-state index contributed by atoms with van der Waals surface area (Å²) in [6, 6.07) is 2.06. The van der Waals surface area contributed by atoms with Crippen LogP contribution in [0.5, 0.6) is 0 Å². The summed E-state index contributed by atoms with van der Waals surface area (Å²) in [5.74, 6) is 0.647. The molecule has 0 unspecified atom stereocenters. The first-order valence-electron chi connectivity index (χ1n) is 4.44. The molecule has 0 aromatic carbocycles. The van der Waals surface area contributed by atoms with Crippen LogP contribution in [0.1, 0.15) is 24.3 Å². The van der Waals surface area contributed by atoms with Gasteiger partial charge in [-0.2, -0.15) is 10.2 Å². The highest BCUT2D eigenvalue weighted by atomic mass is 35.5. The number of aromatic nitrogens is 2. The fourth-order valence-corrected chi connectivity index (χ4v) is 1.68. The first kappa shape index (κ1) is 10.4. The molecule has 1 atom stereocenters. The maximum Gasteiger partial charge on any atom is 0.0531 e. The lowest BCUT2D eigenvalue weighted by molar-refractivity contribution is 0.460. The summed E-state index contributed by atoms with van der Waals surface area (Å²) in [5, 5.41) is 11.0. The van der Waals surface area contributed by atoms with Crippen LogP contribution < -0.4 is 5.32 Å². The quantitative estimate of drug-likeness (QED) is 0.743. The number of nitrogens with zero attached hydrogens (tertiary/aromatic N) is 2. The molecule has 1 saturated heterocycles. The highest BCUT2D eigenvalue weighted by Crippen LogP contribution is 2.21. The van der Waals surface area contributed by atoms with Crippen molar-refractivity contribution in [2.45, 2.75) is 18.8 Å². The lowest BCUT2D eigenvalue weighted by Crippen LogP contribution is -2.28. The summed E-state index contributed by atoms with van der Waals surface area (Å²) < 4.78 is 0. The van der Waals surface area contributed by atoms with Crippen molar-refractivity contribution in [3.8, 4) is 0 Å². The monoisotopic (exact) mass is 199 g/mol. The number of hydrogen-bond donors (Lipinski definition) is 1. The van der Waals surface area contributed by atoms with Crippen LogP contribution in [0.4, 0.5) is 0 Å². The molecular formula is C9H14ClN3. The van der Waals surface area contributed by atoms with Crippen LogP contribution in [0, 0.1) is 0 Å². The second kappa shape index (κ2) is 5.14. The van der Waals surface area contributed by atoms with Gasteiger partial charge in [0, 0.05) is 12.7 Å². The highest BCUT2D eigenvalue weighted by Gasteiger charge is 2.14. The van der Waals surface area contributed by atoms with Gasteiger partial charge in [-0.25, -0.2) is 0 Å². The number of halogens is 1. The molecule has 1 aliphatic rings. The number of hydrogen-bond acceptors (Lipinski definition) is 3. The van der Waals surface area contributed by atoms with Crippen LogP contribution in [0.25, 0.3) is 0 Å². The molecule has 0 aliphatic carbocycles. The van der Waals surface area contributed by atoms with E-state index in [1.807, 2.05) is 6.20 Å². The molecule has 4 heteroatoms. The van der Waals surface area contributed by atoms with Crippen LogP contribution in [0.15, 0.2) is 18.5 Å². The Kier molecular flexibility index (Phi) is 4.12. The summed E-state index contributed by atoms with van der Waals surface area (Å²) in [6.45, 7) is 2.25. The van der Waals surface area contributed by atoms with Crippen molar-refractivity contribution in [1.82, 2.24) is 15.5 Å². The van der Waals surface area contributed by atoms with Crippen LogP contribution in [-0.2, 0) is 0 Å². The SMILES string of the molecule is Cl.c1cc([C@@H]2CCCNC2)cnn1. The lowest BCUT2D eigenvalue weighted by Gasteiger charge is -2.22. The van der Waals surface area contributed by atoms with E-state index >= 15 is 0 Å². The molecule has 1 aromatic rings. The van der Waals surface area contributed by atoms with Crippen molar-refractivity contribution in [3.63, 3.8) is 0 Å². The van der Waals surface area contributed by atoms with Gasteiger partial charge in [-0.05, 0) is 36.9 Å². The third-order valence-electron chi connectivity index (χ3n) is 2.38. The summed E-state index contributed by atoms with van der Waals surface area (Å²) in [7, 11) is 0. The Bertz CT molecular complexity index is 234. The van der Waals surface area contributed by atoms with Crippen molar-refractivity contribution in [2.75, 3.05) is 13.1 Å². The first-order valence-corrected chi connectivity index (χ1v) is 4.44. The van der Waals surface area contributed by atoms with E-state index in [1.54, 1.807) is 6.20 Å². The molecule has 0 bridgehead atoms. The summed E-state index contributed by atoms with van der Waals surface area (Å²) in [6.07, 6.45) is 6.19. The normalized spacial score (nSPS) is 22.0. The van der Waals surface area contributed by atoms with Crippen molar-refractivity contribution in [2.24, 2.45) is 0 Å². The van der Waals surface area contributed by atoms with Gasteiger partial charge in [-0.3, -0.25) is 0 Å². The molecule has 1 fully saturated rings. The minimum atomic E-state index is 0. The Hall–Kier alpha value is -0.670. The molecule has 13 heavy (non-hydrogen) atoms. The van der Waals surface area contributed by atoms with Crippen LogP contribution in [-0.4, -0.2) is 23.3 Å². The van der Waals surface area contributed by atoms with E-state index in [2.05, 4.69) is 21.6 Å². The van der Waals surface area contributed by atoms with Gasteiger partial charge in [0.25, 0.3) is 0 Å². The predicted molar refractivity (Wildman–Crippen MR) is 54.1 cm³/mol. The molecule has 2 heterocycles. The maximum atomic E-state index is 3.88. The number of rotatable bonds is 1. The van der Waals surface area contributed by atoms with Gasteiger partial charge in [0.1, 0.15) is 0 Å². The van der Waals surface area contributed by atoms with Gasteiger partial charge in [0.2, 0.25) is 0 Å². The van der Waals surface area contributed by atoms with Crippen molar-refractivity contribution in [3.05, 3.63) is 24.0 Å². The second-order valence-electron chi connectivity index (χ2n) is 3.22. The molecule has 72 valence electrons. The Balaban J connectivity index is 0.000000845. The molecule has 1 aromatic heterocycles. The zero-order valence-electron chi connectivity index (χ0n) is 7.44. The fraction of sp³-hybridized carbons (Fsp3) is 0.556. The smallest absolute Gasteiger partial charge is 0.0531 e. The standard InChI is InChI=1S/C9H13N3.ClH/c1-2-8(6-10-4-1)9-3-5-11-12-7-9;/h3,5,7-8,10H,1-2,4,6H2;1H/t8-;/m1./s1. The molecule has 0 spiro atoms. The molecule has 1 N–H and O–H groups in total. The number of nitrogens with one attached hydrogen (secondary N) is 1. The van der Waals surface area contributed by atoms with E-state index in [0.717, 1.165) is 13.1 Å². The minimum absolute atomic E-state index is 0. The summed E-state index contributed by atoms with van der Waals surface area (Å²) in [5.41, 5.74) is 1.32. The molecular weight excluding hydrogens is 186 g/mol. The zero-order valence-corrected chi connectivity index (χ0v) is 8.26. The van der Waals surface area contributed by atoms with E-state index in [0.29, 0.717) is 5.92 Å². The molecule has 3 nitrogen and oxygen atoms in total. The Labute approximate surface area is 84.4 Å². The number of piperidine rings is 1. The van der Waals surface area contributed by atoms with Crippen LogP contribution in [0.3, 0.4) is 0 Å². The van der Waals surface area contributed by atoms with Gasteiger partial charge in [0.05, 0.1) is 6.20 Å². The third-order valence-corrected chi connectivity index (χ3v) is 2.38. The largest absolute Gasteiger partial charge is 0.316 e. The Morgan fingerprint density at radius 1 is 1.38 bits per heavy atom. The second-order valence-corrected chi connectivity index (χ2v) is 3.22. The Morgan fingerprint density at radius 3 is 2.92 bits per heavy atom. The maximum absolute atomic E-state index is 3.88. The summed E-state index contributed by atoms with van der Waals surface area (Å²) in [4.78, 5) is 0. The van der Waals surface area contributed by atoms with Crippen LogP contribution in [0.2, 0.25) is 0 Å². The first-order chi connectivity index (χ1) is 5.97. The minimum Gasteiger partial charge on any atom is -0.316 e.